The van der Waals surface area contributed by atoms with E-state index in [0.717, 1.165) is 11.5 Å². The SMILES string of the molecule is Cc1ccccc1CSCC(C)(C#N)NC(C)C. The topological polar surface area (TPSA) is 35.8 Å². The first-order chi connectivity index (χ1) is 8.47. The Morgan fingerprint density at radius 2 is 2.06 bits per heavy atom. The molecule has 18 heavy (non-hydrogen) atoms. The van der Waals surface area contributed by atoms with Gasteiger partial charge in [-0.15, -0.1) is 0 Å². The molecule has 0 aliphatic rings. The number of nitrogens with zero attached hydrogens (tertiary/aromatic N) is 1. The van der Waals surface area contributed by atoms with E-state index in [9.17, 15) is 5.26 Å². The first kappa shape index (κ1) is 15.1. The molecule has 0 amide bonds. The second kappa shape index (κ2) is 6.82. The Labute approximate surface area is 115 Å². The molecule has 0 saturated carbocycles. The molecular formula is C15H22N2S. The average Bonchev–Trinajstić information content (AvgIpc) is 2.31. The third kappa shape index (κ3) is 4.72. The highest BCUT2D eigenvalue weighted by atomic mass is 32.2. The number of rotatable bonds is 6. The zero-order valence-electron chi connectivity index (χ0n) is 11.7. The van der Waals surface area contributed by atoms with Crippen LogP contribution in [-0.2, 0) is 5.75 Å². The number of thioether (sulfide) groups is 1. The lowest BCUT2D eigenvalue weighted by Crippen LogP contribution is -2.47. The molecule has 1 atom stereocenters. The lowest BCUT2D eigenvalue weighted by atomic mass is 10.1. The summed E-state index contributed by atoms with van der Waals surface area (Å²) in [5.74, 6) is 1.76. The van der Waals surface area contributed by atoms with E-state index in [-0.39, 0.29) is 0 Å². The van der Waals surface area contributed by atoms with Crippen LogP contribution in [0.3, 0.4) is 0 Å². The van der Waals surface area contributed by atoms with Crippen LogP contribution in [0.25, 0.3) is 0 Å². The van der Waals surface area contributed by atoms with Gasteiger partial charge >= 0.3 is 0 Å². The van der Waals surface area contributed by atoms with Crippen molar-refractivity contribution in [2.24, 2.45) is 0 Å². The Bertz CT molecular complexity index is 423. The first-order valence-electron chi connectivity index (χ1n) is 6.28. The molecule has 0 aliphatic heterocycles. The molecule has 98 valence electrons. The molecule has 0 radical (unpaired) electrons. The summed E-state index contributed by atoms with van der Waals surface area (Å²) in [5, 5.41) is 12.6. The average molecular weight is 262 g/mol. The van der Waals surface area contributed by atoms with Crippen LogP contribution >= 0.6 is 11.8 Å². The monoisotopic (exact) mass is 262 g/mol. The summed E-state index contributed by atoms with van der Waals surface area (Å²) in [6.07, 6.45) is 0. The Morgan fingerprint density at radius 3 is 2.61 bits per heavy atom. The van der Waals surface area contributed by atoms with E-state index < -0.39 is 5.54 Å². The maximum atomic E-state index is 9.26. The molecule has 1 aromatic carbocycles. The molecule has 0 aromatic heterocycles. The van der Waals surface area contributed by atoms with E-state index in [1.165, 1.54) is 11.1 Å². The van der Waals surface area contributed by atoms with Crippen molar-refractivity contribution in [3.63, 3.8) is 0 Å². The number of nitrogens with one attached hydrogen (secondary N) is 1. The summed E-state index contributed by atoms with van der Waals surface area (Å²) in [6, 6.07) is 11.1. The van der Waals surface area contributed by atoms with Crippen LogP contribution in [-0.4, -0.2) is 17.3 Å². The third-order valence-electron chi connectivity index (χ3n) is 2.76. The molecular weight excluding hydrogens is 240 g/mol. The minimum Gasteiger partial charge on any atom is -0.297 e. The Balaban J connectivity index is 2.50. The summed E-state index contributed by atoms with van der Waals surface area (Å²) in [4.78, 5) is 0. The van der Waals surface area contributed by atoms with Crippen LogP contribution in [0.1, 0.15) is 31.9 Å². The fourth-order valence-corrected chi connectivity index (χ4v) is 3.08. The van der Waals surface area contributed by atoms with Crippen molar-refractivity contribution in [3.05, 3.63) is 35.4 Å². The van der Waals surface area contributed by atoms with E-state index >= 15 is 0 Å². The van der Waals surface area contributed by atoms with Gasteiger partial charge in [0.1, 0.15) is 5.54 Å². The molecule has 0 spiro atoms. The predicted molar refractivity (Wildman–Crippen MR) is 79.6 cm³/mol. The minimum absolute atomic E-state index is 0.328. The fourth-order valence-electron chi connectivity index (χ4n) is 1.88. The molecule has 0 saturated heterocycles. The van der Waals surface area contributed by atoms with Crippen LogP contribution in [0.2, 0.25) is 0 Å². The molecule has 2 nitrogen and oxygen atoms in total. The summed E-state index contributed by atoms with van der Waals surface area (Å²) in [6.45, 7) is 8.24. The van der Waals surface area contributed by atoms with Crippen molar-refractivity contribution >= 4 is 11.8 Å². The lowest BCUT2D eigenvalue weighted by molar-refractivity contribution is 0.443. The normalized spacial score (nSPS) is 14.2. The van der Waals surface area contributed by atoms with Crippen molar-refractivity contribution in [3.8, 4) is 6.07 Å². The van der Waals surface area contributed by atoms with Gasteiger partial charge in [-0.2, -0.15) is 17.0 Å². The zero-order chi connectivity index (χ0) is 13.6. The van der Waals surface area contributed by atoms with Gasteiger partial charge in [0, 0.05) is 17.5 Å². The minimum atomic E-state index is -0.443. The molecule has 0 fully saturated rings. The van der Waals surface area contributed by atoms with Crippen molar-refractivity contribution in [1.29, 1.82) is 5.26 Å². The third-order valence-corrected chi connectivity index (χ3v) is 4.06. The molecule has 0 heterocycles. The van der Waals surface area contributed by atoms with E-state index in [2.05, 4.69) is 56.4 Å². The smallest absolute Gasteiger partial charge is 0.113 e. The van der Waals surface area contributed by atoms with Gasteiger partial charge in [-0.25, -0.2) is 0 Å². The van der Waals surface area contributed by atoms with Gasteiger partial charge in [0.2, 0.25) is 0 Å². The molecule has 1 unspecified atom stereocenters. The second-order valence-electron chi connectivity index (χ2n) is 5.16. The largest absolute Gasteiger partial charge is 0.297 e. The quantitative estimate of drug-likeness (QED) is 0.852. The summed E-state index contributed by atoms with van der Waals surface area (Å²) in [5.41, 5.74) is 2.23. The molecule has 1 N–H and O–H groups in total. The summed E-state index contributed by atoms with van der Waals surface area (Å²) >= 11 is 1.81. The Hall–Kier alpha value is -0.980. The van der Waals surface area contributed by atoms with Crippen molar-refractivity contribution < 1.29 is 0 Å². The number of hydrogen-bond donors (Lipinski definition) is 1. The molecule has 1 aromatic rings. The second-order valence-corrected chi connectivity index (χ2v) is 6.15. The van der Waals surface area contributed by atoms with Crippen molar-refractivity contribution in [2.75, 3.05) is 5.75 Å². The van der Waals surface area contributed by atoms with E-state index in [1.54, 1.807) is 0 Å². The number of hydrogen-bond acceptors (Lipinski definition) is 3. The van der Waals surface area contributed by atoms with E-state index in [0.29, 0.717) is 6.04 Å². The van der Waals surface area contributed by atoms with Gasteiger partial charge in [-0.05, 0) is 38.8 Å². The predicted octanol–water partition coefficient (Wildman–Crippen LogP) is 3.51. The Kier molecular flexibility index (Phi) is 5.71. The van der Waals surface area contributed by atoms with Crippen LogP contribution in [0.5, 0.6) is 0 Å². The fraction of sp³-hybridized carbons (Fsp3) is 0.533. The number of nitriles is 1. The number of benzene rings is 1. The highest BCUT2D eigenvalue weighted by Crippen LogP contribution is 2.20. The van der Waals surface area contributed by atoms with Crippen LogP contribution < -0.4 is 5.32 Å². The zero-order valence-corrected chi connectivity index (χ0v) is 12.5. The van der Waals surface area contributed by atoms with Crippen LogP contribution in [0.15, 0.2) is 24.3 Å². The van der Waals surface area contributed by atoms with Crippen LogP contribution in [0, 0.1) is 18.3 Å². The van der Waals surface area contributed by atoms with Crippen molar-refractivity contribution in [2.45, 2.75) is 45.0 Å². The maximum Gasteiger partial charge on any atom is 0.113 e. The molecule has 0 bridgehead atoms. The van der Waals surface area contributed by atoms with Gasteiger partial charge in [0.05, 0.1) is 6.07 Å². The van der Waals surface area contributed by atoms with Gasteiger partial charge in [-0.3, -0.25) is 5.32 Å². The van der Waals surface area contributed by atoms with Crippen LogP contribution in [0.4, 0.5) is 0 Å². The van der Waals surface area contributed by atoms with E-state index in [1.807, 2.05) is 18.7 Å². The van der Waals surface area contributed by atoms with Crippen molar-refractivity contribution in [1.82, 2.24) is 5.32 Å². The van der Waals surface area contributed by atoms with Gasteiger partial charge in [0.25, 0.3) is 0 Å². The van der Waals surface area contributed by atoms with Gasteiger partial charge < -0.3 is 0 Å². The highest BCUT2D eigenvalue weighted by Gasteiger charge is 2.24. The maximum absolute atomic E-state index is 9.26. The van der Waals surface area contributed by atoms with E-state index in [4.69, 9.17) is 0 Å². The van der Waals surface area contributed by atoms with Gasteiger partial charge in [-0.1, -0.05) is 24.3 Å². The first-order valence-corrected chi connectivity index (χ1v) is 7.43. The molecule has 1 rings (SSSR count). The molecule has 3 heteroatoms. The lowest BCUT2D eigenvalue weighted by Gasteiger charge is -2.25. The standard InChI is InChI=1S/C15H22N2S/c1-12(2)17-15(4,10-16)11-18-9-14-8-6-5-7-13(14)3/h5-8,12,17H,9,11H2,1-4H3. The summed E-state index contributed by atoms with van der Waals surface area (Å²) < 4.78 is 0. The van der Waals surface area contributed by atoms with Gasteiger partial charge in [0.15, 0.2) is 0 Å². The molecule has 0 aliphatic carbocycles. The number of aryl methyl sites for hydroxylation is 1. The highest BCUT2D eigenvalue weighted by molar-refractivity contribution is 7.98. The Morgan fingerprint density at radius 1 is 1.39 bits per heavy atom. The summed E-state index contributed by atoms with van der Waals surface area (Å²) in [7, 11) is 0.